The number of amides is 4. The number of hydrogen-bond acceptors (Lipinski definition) is 5. The average Bonchev–Trinajstić information content (AvgIpc) is 2.56. The molecule has 1 unspecified atom stereocenters. The summed E-state index contributed by atoms with van der Waals surface area (Å²) in [6, 6.07) is 7.45. The second kappa shape index (κ2) is 8.66. The van der Waals surface area contributed by atoms with Crippen LogP contribution in [0.25, 0.3) is 0 Å². The Labute approximate surface area is 158 Å². The molecule has 0 aromatic heterocycles. The summed E-state index contributed by atoms with van der Waals surface area (Å²) in [5, 5.41) is 7.36. The van der Waals surface area contributed by atoms with Gasteiger partial charge >= 0.3 is 6.09 Å². The zero-order valence-electron chi connectivity index (χ0n) is 15.7. The van der Waals surface area contributed by atoms with Gasteiger partial charge in [-0.3, -0.25) is 19.7 Å². The fraction of sp³-hybridized carbons (Fsp3) is 0.474. The van der Waals surface area contributed by atoms with Gasteiger partial charge in [0.1, 0.15) is 17.7 Å². The van der Waals surface area contributed by atoms with E-state index in [9.17, 15) is 19.2 Å². The summed E-state index contributed by atoms with van der Waals surface area (Å²) >= 11 is 0. The molecule has 2 rings (SSSR count). The zero-order valence-corrected chi connectivity index (χ0v) is 15.7. The van der Waals surface area contributed by atoms with E-state index < -0.39 is 35.6 Å². The predicted octanol–water partition coefficient (Wildman–Crippen LogP) is 1.04. The SMILES string of the molecule is CC(C)(C)OC(=O)N[C@@H](Cc1ccccc1)C(=O)NC1CCC(=O)NC1=O. The average molecular weight is 375 g/mol. The normalized spacial score (nSPS) is 18.3. The molecule has 1 aliphatic rings. The van der Waals surface area contributed by atoms with Crippen LogP contribution in [0.1, 0.15) is 39.2 Å². The van der Waals surface area contributed by atoms with Crippen molar-refractivity contribution in [2.75, 3.05) is 0 Å². The Morgan fingerprint density at radius 3 is 2.48 bits per heavy atom. The highest BCUT2D eigenvalue weighted by atomic mass is 16.6. The molecule has 27 heavy (non-hydrogen) atoms. The number of carbonyl (C=O) groups is 4. The quantitative estimate of drug-likeness (QED) is 0.666. The summed E-state index contributed by atoms with van der Waals surface area (Å²) in [6.07, 6.45) is -0.110. The molecular weight excluding hydrogens is 350 g/mol. The summed E-state index contributed by atoms with van der Waals surface area (Å²) in [6.45, 7) is 5.17. The number of imide groups is 1. The third kappa shape index (κ3) is 6.73. The Morgan fingerprint density at radius 2 is 1.89 bits per heavy atom. The van der Waals surface area contributed by atoms with E-state index in [4.69, 9.17) is 4.74 Å². The van der Waals surface area contributed by atoms with Crippen LogP contribution in [0.3, 0.4) is 0 Å². The van der Waals surface area contributed by atoms with E-state index in [1.165, 1.54) is 0 Å². The van der Waals surface area contributed by atoms with Gasteiger partial charge in [-0.05, 0) is 32.8 Å². The number of piperidine rings is 1. The molecule has 1 aromatic rings. The van der Waals surface area contributed by atoms with Crippen LogP contribution in [-0.4, -0.2) is 41.5 Å². The molecular formula is C19H25N3O5. The molecule has 1 saturated heterocycles. The number of benzene rings is 1. The highest BCUT2D eigenvalue weighted by molar-refractivity contribution is 6.02. The molecule has 3 N–H and O–H groups in total. The molecule has 8 nitrogen and oxygen atoms in total. The van der Waals surface area contributed by atoms with E-state index in [0.717, 1.165) is 5.56 Å². The van der Waals surface area contributed by atoms with E-state index in [1.54, 1.807) is 20.8 Å². The van der Waals surface area contributed by atoms with Gasteiger partial charge in [0.15, 0.2) is 0 Å². The number of alkyl carbamates (subject to hydrolysis) is 1. The second-order valence-electron chi connectivity index (χ2n) is 7.40. The number of nitrogens with one attached hydrogen (secondary N) is 3. The van der Waals surface area contributed by atoms with Crippen LogP contribution in [0.2, 0.25) is 0 Å². The van der Waals surface area contributed by atoms with Gasteiger partial charge in [0.25, 0.3) is 0 Å². The molecule has 146 valence electrons. The molecule has 1 fully saturated rings. The Kier molecular flexibility index (Phi) is 6.55. The van der Waals surface area contributed by atoms with E-state index in [-0.39, 0.29) is 25.2 Å². The first-order chi connectivity index (χ1) is 12.6. The first-order valence-electron chi connectivity index (χ1n) is 8.81. The molecule has 0 spiro atoms. The highest BCUT2D eigenvalue weighted by Gasteiger charge is 2.31. The van der Waals surface area contributed by atoms with Gasteiger partial charge in [0.05, 0.1) is 0 Å². The predicted molar refractivity (Wildman–Crippen MR) is 97.6 cm³/mol. The van der Waals surface area contributed by atoms with Crippen molar-refractivity contribution in [3.63, 3.8) is 0 Å². The standard InChI is InChI=1S/C19H25N3O5/c1-19(2,3)27-18(26)21-14(11-12-7-5-4-6-8-12)17(25)20-13-9-10-15(23)22-16(13)24/h4-8,13-14H,9-11H2,1-3H3,(H,20,25)(H,21,26)(H,22,23,24)/t13?,14-/m0/s1. The fourth-order valence-electron chi connectivity index (χ4n) is 2.61. The van der Waals surface area contributed by atoms with Crippen molar-refractivity contribution in [1.29, 1.82) is 0 Å². The summed E-state index contributed by atoms with van der Waals surface area (Å²) in [7, 11) is 0. The summed E-state index contributed by atoms with van der Waals surface area (Å²) in [4.78, 5) is 47.9. The lowest BCUT2D eigenvalue weighted by atomic mass is 10.0. The first-order valence-corrected chi connectivity index (χ1v) is 8.81. The van der Waals surface area contributed by atoms with Gasteiger partial charge in [-0.15, -0.1) is 0 Å². The maximum absolute atomic E-state index is 12.7. The monoisotopic (exact) mass is 375 g/mol. The van der Waals surface area contributed by atoms with Crippen molar-refractivity contribution in [2.45, 2.75) is 57.7 Å². The minimum absolute atomic E-state index is 0.152. The molecule has 8 heteroatoms. The number of ether oxygens (including phenoxy) is 1. The van der Waals surface area contributed by atoms with Gasteiger partial charge in [-0.1, -0.05) is 30.3 Å². The molecule has 0 aliphatic carbocycles. The van der Waals surface area contributed by atoms with Crippen LogP contribution < -0.4 is 16.0 Å². The minimum Gasteiger partial charge on any atom is -0.444 e. The van der Waals surface area contributed by atoms with Gasteiger partial charge in [0, 0.05) is 12.8 Å². The Morgan fingerprint density at radius 1 is 1.22 bits per heavy atom. The third-order valence-corrected chi connectivity index (χ3v) is 3.85. The number of carbonyl (C=O) groups excluding carboxylic acids is 4. The van der Waals surface area contributed by atoms with Crippen molar-refractivity contribution >= 4 is 23.8 Å². The summed E-state index contributed by atoms with van der Waals surface area (Å²) < 4.78 is 5.23. The maximum atomic E-state index is 12.7. The molecule has 1 heterocycles. The van der Waals surface area contributed by atoms with Gasteiger partial charge in [0.2, 0.25) is 17.7 Å². The number of rotatable bonds is 5. The first kappa shape index (κ1) is 20.4. The zero-order chi connectivity index (χ0) is 20.0. The van der Waals surface area contributed by atoms with Crippen LogP contribution in [-0.2, 0) is 25.5 Å². The largest absolute Gasteiger partial charge is 0.444 e. The summed E-state index contributed by atoms with van der Waals surface area (Å²) in [5.74, 6) is -1.42. The smallest absolute Gasteiger partial charge is 0.408 e. The van der Waals surface area contributed by atoms with Crippen LogP contribution in [0.4, 0.5) is 4.79 Å². The topological polar surface area (TPSA) is 114 Å². The second-order valence-corrected chi connectivity index (χ2v) is 7.40. The van der Waals surface area contributed by atoms with Crippen molar-refractivity contribution in [3.8, 4) is 0 Å². The van der Waals surface area contributed by atoms with Crippen molar-refractivity contribution in [1.82, 2.24) is 16.0 Å². The van der Waals surface area contributed by atoms with E-state index in [0.29, 0.717) is 0 Å². The van der Waals surface area contributed by atoms with Crippen LogP contribution in [0.15, 0.2) is 30.3 Å². The fourth-order valence-corrected chi connectivity index (χ4v) is 2.61. The molecule has 4 amide bonds. The summed E-state index contributed by atoms with van der Waals surface area (Å²) in [5.41, 5.74) is 0.138. The molecule has 1 aliphatic heterocycles. The van der Waals surface area contributed by atoms with Crippen molar-refractivity contribution in [2.24, 2.45) is 0 Å². The Balaban J connectivity index is 2.07. The van der Waals surface area contributed by atoms with Crippen LogP contribution >= 0.6 is 0 Å². The molecule has 0 radical (unpaired) electrons. The lowest BCUT2D eigenvalue weighted by Gasteiger charge is -2.26. The van der Waals surface area contributed by atoms with E-state index in [1.807, 2.05) is 30.3 Å². The van der Waals surface area contributed by atoms with Gasteiger partial charge < -0.3 is 15.4 Å². The number of hydrogen-bond donors (Lipinski definition) is 3. The third-order valence-electron chi connectivity index (χ3n) is 3.85. The molecule has 0 bridgehead atoms. The van der Waals surface area contributed by atoms with Crippen LogP contribution in [0.5, 0.6) is 0 Å². The Hall–Kier alpha value is -2.90. The Bertz CT molecular complexity index is 712. The lowest BCUT2D eigenvalue weighted by Crippen LogP contribution is -2.57. The molecule has 0 saturated carbocycles. The van der Waals surface area contributed by atoms with Crippen molar-refractivity contribution in [3.05, 3.63) is 35.9 Å². The molecule has 1 aromatic carbocycles. The van der Waals surface area contributed by atoms with Crippen molar-refractivity contribution < 1.29 is 23.9 Å². The van der Waals surface area contributed by atoms with Gasteiger partial charge in [-0.2, -0.15) is 0 Å². The maximum Gasteiger partial charge on any atom is 0.408 e. The van der Waals surface area contributed by atoms with E-state index in [2.05, 4.69) is 16.0 Å². The van der Waals surface area contributed by atoms with E-state index >= 15 is 0 Å². The lowest BCUT2D eigenvalue weighted by molar-refractivity contribution is -0.137. The minimum atomic E-state index is -0.923. The van der Waals surface area contributed by atoms with Gasteiger partial charge in [-0.25, -0.2) is 4.79 Å². The van der Waals surface area contributed by atoms with Crippen LogP contribution in [0, 0.1) is 0 Å². The molecule has 2 atom stereocenters. The highest BCUT2D eigenvalue weighted by Crippen LogP contribution is 2.10.